The molecule has 4 heteroatoms. The van der Waals surface area contributed by atoms with Crippen LogP contribution >= 0.6 is 23.2 Å². The number of esters is 1. The normalized spacial score (nSPS) is 23.0. The second kappa shape index (κ2) is 6.38. The Kier molecular flexibility index (Phi) is 4.47. The van der Waals surface area contributed by atoms with Crippen molar-refractivity contribution in [2.24, 2.45) is 5.92 Å². The van der Waals surface area contributed by atoms with Crippen LogP contribution in [0.1, 0.15) is 17.5 Å². The van der Waals surface area contributed by atoms with E-state index in [0.29, 0.717) is 16.5 Å². The highest BCUT2D eigenvalue weighted by molar-refractivity contribution is 6.42. The standard InChI is InChI=1S/C19H16Cl2O2/c1-23-18(22)19(14-9-10-16(20)17(21)11-14)12-15(19)8-7-13-5-3-2-4-6-13/h2-11,15H,12H2,1H3/b8-7+/t15-,19+/m1/s1. The second-order valence-corrected chi connectivity index (χ2v) is 6.49. The van der Waals surface area contributed by atoms with E-state index in [1.807, 2.05) is 42.5 Å². The number of carbonyl (C=O) groups is 1. The number of rotatable bonds is 4. The minimum absolute atomic E-state index is 0.0902. The third-order valence-corrected chi connectivity index (χ3v) is 5.06. The lowest BCUT2D eigenvalue weighted by Gasteiger charge is -2.15. The fourth-order valence-electron chi connectivity index (χ4n) is 2.95. The van der Waals surface area contributed by atoms with Crippen molar-refractivity contribution < 1.29 is 9.53 Å². The molecule has 1 saturated carbocycles. The van der Waals surface area contributed by atoms with Crippen molar-refractivity contribution >= 4 is 35.2 Å². The first-order chi connectivity index (χ1) is 11.1. The first kappa shape index (κ1) is 16.1. The summed E-state index contributed by atoms with van der Waals surface area (Å²) in [6, 6.07) is 15.3. The third kappa shape index (κ3) is 3.01. The molecule has 0 spiro atoms. The molecule has 2 atom stereocenters. The maximum absolute atomic E-state index is 12.4. The van der Waals surface area contributed by atoms with Crippen molar-refractivity contribution in [2.45, 2.75) is 11.8 Å². The van der Waals surface area contributed by atoms with E-state index in [-0.39, 0.29) is 11.9 Å². The zero-order valence-corrected chi connectivity index (χ0v) is 14.1. The molecule has 23 heavy (non-hydrogen) atoms. The van der Waals surface area contributed by atoms with Gasteiger partial charge in [0.15, 0.2) is 0 Å². The van der Waals surface area contributed by atoms with Crippen LogP contribution in [0.5, 0.6) is 0 Å². The Balaban J connectivity index is 1.90. The molecule has 1 aliphatic rings. The first-order valence-electron chi connectivity index (χ1n) is 7.35. The topological polar surface area (TPSA) is 26.3 Å². The maximum atomic E-state index is 12.4. The quantitative estimate of drug-likeness (QED) is 0.716. The summed E-state index contributed by atoms with van der Waals surface area (Å²) in [5.74, 6) is -0.147. The van der Waals surface area contributed by atoms with Crippen molar-refractivity contribution in [2.75, 3.05) is 7.11 Å². The van der Waals surface area contributed by atoms with Crippen molar-refractivity contribution in [1.82, 2.24) is 0 Å². The lowest BCUT2D eigenvalue weighted by molar-refractivity contribution is -0.144. The molecule has 2 nitrogen and oxygen atoms in total. The van der Waals surface area contributed by atoms with E-state index in [9.17, 15) is 4.79 Å². The van der Waals surface area contributed by atoms with Gasteiger partial charge in [0, 0.05) is 0 Å². The monoisotopic (exact) mass is 346 g/mol. The summed E-state index contributed by atoms with van der Waals surface area (Å²) in [6.45, 7) is 0. The van der Waals surface area contributed by atoms with E-state index in [0.717, 1.165) is 11.1 Å². The zero-order chi connectivity index (χ0) is 16.4. The Labute approximate surface area is 145 Å². The minimum Gasteiger partial charge on any atom is -0.468 e. The highest BCUT2D eigenvalue weighted by Crippen LogP contribution is 2.56. The van der Waals surface area contributed by atoms with Gasteiger partial charge in [-0.2, -0.15) is 0 Å². The number of halogens is 2. The molecular formula is C19H16Cl2O2. The second-order valence-electron chi connectivity index (χ2n) is 5.67. The number of benzene rings is 2. The molecule has 3 rings (SSSR count). The molecule has 0 N–H and O–H groups in total. The van der Waals surface area contributed by atoms with Gasteiger partial charge in [-0.15, -0.1) is 0 Å². The Morgan fingerprint density at radius 1 is 1.17 bits per heavy atom. The molecule has 1 aliphatic carbocycles. The number of methoxy groups -OCH3 is 1. The molecule has 0 radical (unpaired) electrons. The Bertz CT molecular complexity index is 755. The third-order valence-electron chi connectivity index (χ3n) is 4.32. The van der Waals surface area contributed by atoms with Gasteiger partial charge >= 0.3 is 5.97 Å². The van der Waals surface area contributed by atoms with E-state index < -0.39 is 5.41 Å². The summed E-state index contributed by atoms with van der Waals surface area (Å²) in [5.41, 5.74) is 1.29. The van der Waals surface area contributed by atoms with Crippen LogP contribution in [0.2, 0.25) is 10.0 Å². The molecule has 0 unspecified atom stereocenters. The molecule has 2 aromatic rings. The summed E-state index contributed by atoms with van der Waals surface area (Å²) in [6.07, 6.45) is 4.81. The van der Waals surface area contributed by atoms with E-state index in [4.69, 9.17) is 27.9 Å². The first-order valence-corrected chi connectivity index (χ1v) is 8.10. The van der Waals surface area contributed by atoms with Crippen LogP contribution in [-0.4, -0.2) is 13.1 Å². The summed E-state index contributed by atoms with van der Waals surface area (Å²) < 4.78 is 5.04. The van der Waals surface area contributed by atoms with Gasteiger partial charge in [0.05, 0.1) is 22.6 Å². The van der Waals surface area contributed by atoms with Gasteiger partial charge in [-0.1, -0.05) is 71.8 Å². The number of carbonyl (C=O) groups excluding carboxylic acids is 1. The van der Waals surface area contributed by atoms with Crippen molar-refractivity contribution in [1.29, 1.82) is 0 Å². The summed E-state index contributed by atoms with van der Waals surface area (Å²) in [5, 5.41) is 0.928. The lowest BCUT2D eigenvalue weighted by atomic mass is 9.93. The van der Waals surface area contributed by atoms with Gasteiger partial charge in [0.1, 0.15) is 0 Å². The van der Waals surface area contributed by atoms with Gasteiger partial charge in [0.25, 0.3) is 0 Å². The van der Waals surface area contributed by atoms with Gasteiger partial charge in [0.2, 0.25) is 0 Å². The van der Waals surface area contributed by atoms with E-state index in [1.54, 1.807) is 12.1 Å². The minimum atomic E-state index is -0.658. The van der Waals surface area contributed by atoms with Crippen LogP contribution in [0.3, 0.4) is 0 Å². The summed E-state index contributed by atoms with van der Waals surface area (Å²) in [4.78, 5) is 12.4. The van der Waals surface area contributed by atoms with E-state index in [1.165, 1.54) is 7.11 Å². The molecule has 0 bridgehead atoms. The van der Waals surface area contributed by atoms with Crippen LogP contribution < -0.4 is 0 Å². The molecular weight excluding hydrogens is 331 g/mol. The molecule has 118 valence electrons. The average Bonchev–Trinajstić information content (AvgIpc) is 3.31. The van der Waals surface area contributed by atoms with Crippen LogP contribution in [-0.2, 0) is 14.9 Å². The highest BCUT2D eigenvalue weighted by atomic mass is 35.5. The number of hydrogen-bond acceptors (Lipinski definition) is 2. The Morgan fingerprint density at radius 2 is 1.91 bits per heavy atom. The fourth-order valence-corrected chi connectivity index (χ4v) is 3.25. The van der Waals surface area contributed by atoms with Crippen LogP contribution in [0, 0.1) is 5.92 Å². The van der Waals surface area contributed by atoms with Crippen molar-refractivity contribution in [3.05, 3.63) is 75.8 Å². The van der Waals surface area contributed by atoms with E-state index in [2.05, 4.69) is 6.08 Å². The summed E-state index contributed by atoms with van der Waals surface area (Å²) in [7, 11) is 1.41. The van der Waals surface area contributed by atoms with Gasteiger partial charge in [-0.3, -0.25) is 4.79 Å². The number of ether oxygens (including phenoxy) is 1. The lowest BCUT2D eigenvalue weighted by Crippen LogP contribution is -2.24. The number of hydrogen-bond donors (Lipinski definition) is 0. The van der Waals surface area contributed by atoms with Crippen LogP contribution in [0.15, 0.2) is 54.6 Å². The number of allylic oxidation sites excluding steroid dienone is 1. The largest absolute Gasteiger partial charge is 0.468 e. The molecule has 0 aromatic heterocycles. The zero-order valence-electron chi connectivity index (χ0n) is 12.6. The Morgan fingerprint density at radius 3 is 2.57 bits per heavy atom. The molecule has 0 heterocycles. The van der Waals surface area contributed by atoms with Gasteiger partial charge in [-0.05, 0) is 35.6 Å². The van der Waals surface area contributed by atoms with Crippen LogP contribution in [0.4, 0.5) is 0 Å². The van der Waals surface area contributed by atoms with Crippen LogP contribution in [0.25, 0.3) is 6.08 Å². The molecule has 2 aromatic carbocycles. The fraction of sp³-hybridized carbons (Fsp3) is 0.211. The Hall–Kier alpha value is -1.77. The molecule has 0 saturated heterocycles. The van der Waals surface area contributed by atoms with Gasteiger partial charge < -0.3 is 4.74 Å². The van der Waals surface area contributed by atoms with Crippen molar-refractivity contribution in [3.8, 4) is 0 Å². The summed E-state index contributed by atoms with van der Waals surface area (Å²) >= 11 is 12.1. The van der Waals surface area contributed by atoms with Gasteiger partial charge in [-0.25, -0.2) is 0 Å². The SMILES string of the molecule is COC(=O)[C@]1(c2ccc(Cl)c(Cl)c2)C[C@H]1/C=C/c1ccccc1. The van der Waals surface area contributed by atoms with E-state index >= 15 is 0 Å². The molecule has 1 fully saturated rings. The predicted molar refractivity (Wildman–Crippen MR) is 93.7 cm³/mol. The molecule has 0 amide bonds. The smallest absolute Gasteiger partial charge is 0.316 e. The predicted octanol–water partition coefficient (Wildman–Crippen LogP) is 5.14. The van der Waals surface area contributed by atoms with Crippen molar-refractivity contribution in [3.63, 3.8) is 0 Å². The average molecular weight is 347 g/mol. The highest BCUT2D eigenvalue weighted by Gasteiger charge is 2.61. The maximum Gasteiger partial charge on any atom is 0.316 e. The molecule has 0 aliphatic heterocycles.